The normalized spacial score (nSPS) is 16.3. The number of fused-ring (bicyclic) bond motifs is 1. The van der Waals surface area contributed by atoms with E-state index in [1.807, 2.05) is 82.3 Å². The number of imidazole rings is 1. The number of pyridine rings is 1. The van der Waals surface area contributed by atoms with E-state index in [1.54, 1.807) is 6.07 Å². The molecule has 65 heavy (non-hydrogen) atoms. The smallest absolute Gasteiger partial charge is 0.148 e. The third-order valence-corrected chi connectivity index (χ3v) is 12.3. The zero-order valence-electron chi connectivity index (χ0n) is 53.5. The van der Waals surface area contributed by atoms with E-state index in [0.29, 0.717) is 39.1 Å². The Kier molecular flexibility index (Phi) is 8.53. The molecular formula is C60H64N3OPt-. The van der Waals surface area contributed by atoms with Crippen LogP contribution in [0.15, 0.2) is 133 Å². The molecule has 0 atom stereocenters. The first kappa shape index (κ1) is 31.4. The Bertz CT molecular complexity index is 3680. The zero-order valence-corrected chi connectivity index (χ0v) is 40.8. The van der Waals surface area contributed by atoms with Gasteiger partial charge in [0.1, 0.15) is 11.6 Å². The van der Waals surface area contributed by atoms with Crippen LogP contribution >= 0.6 is 0 Å². The van der Waals surface area contributed by atoms with Crippen LogP contribution in [0.25, 0.3) is 72.7 Å². The Morgan fingerprint density at radius 2 is 1.34 bits per heavy atom. The molecule has 336 valence electrons. The first-order valence-corrected chi connectivity index (χ1v) is 21.6. The van der Waals surface area contributed by atoms with Crippen LogP contribution in [-0.4, -0.2) is 19.6 Å². The van der Waals surface area contributed by atoms with Gasteiger partial charge in [0.15, 0.2) is 0 Å². The van der Waals surface area contributed by atoms with Gasteiger partial charge in [0.05, 0.1) is 30.5 Å². The van der Waals surface area contributed by atoms with E-state index in [9.17, 15) is 6.48 Å². The van der Waals surface area contributed by atoms with Gasteiger partial charge in [-0.1, -0.05) is 179 Å². The van der Waals surface area contributed by atoms with E-state index < -0.39 is 84.5 Å². The molecule has 8 rings (SSSR count). The van der Waals surface area contributed by atoms with Crippen LogP contribution in [0.2, 0.25) is 0 Å². The maximum absolute atomic E-state index is 12.1. The van der Waals surface area contributed by atoms with E-state index in [1.165, 1.54) is 0 Å². The first-order valence-electron chi connectivity index (χ1n) is 29.1. The predicted octanol–water partition coefficient (Wildman–Crippen LogP) is 16.1. The molecule has 0 saturated heterocycles. The molecule has 0 radical (unpaired) electrons. The number of rotatable bonds is 8. The molecule has 5 heteroatoms. The van der Waals surface area contributed by atoms with Gasteiger partial charge in [-0.25, -0.2) is 4.98 Å². The quantitative estimate of drug-likeness (QED) is 0.154. The number of phenolic OH excluding ortho intramolecular Hbond substituents is 1. The molecular weight excluding hydrogens is 974 g/mol. The molecule has 0 bridgehead atoms. The second kappa shape index (κ2) is 17.7. The molecule has 0 aliphatic carbocycles. The van der Waals surface area contributed by atoms with Crippen molar-refractivity contribution in [3.63, 3.8) is 0 Å². The SMILES string of the molecule is [2H]c1cc(-c2c([2H])c([2H])nc(-c3[c-]c(-c4cccc5c4nc(-c4cc(C(C)(C)C)cc(C)c4O)n5-c4ccc(C(C)(C)CC)cc4-c4ccccc4)cc(C(C)(C)C)c3)c2[2H])c([2H])c([2H])c1C(C([2H])([2H])[2H])(C([2H])([2H])[2H])C([2H])([2H])[2H].[Pt]. The number of aromatic hydroxyl groups is 1. The third-order valence-electron chi connectivity index (χ3n) is 12.3. The van der Waals surface area contributed by atoms with Gasteiger partial charge in [-0.05, 0) is 104 Å². The molecule has 0 aliphatic heterocycles. The summed E-state index contributed by atoms with van der Waals surface area (Å²) in [6.07, 6.45) is 0.229. The van der Waals surface area contributed by atoms with Crippen molar-refractivity contribution >= 4 is 11.0 Å². The van der Waals surface area contributed by atoms with Gasteiger partial charge >= 0.3 is 0 Å². The van der Waals surface area contributed by atoms with E-state index in [-0.39, 0.29) is 48.9 Å². The summed E-state index contributed by atoms with van der Waals surface area (Å²) >= 11 is 0. The number of nitrogens with zero attached hydrogens (tertiary/aromatic N) is 3. The summed E-state index contributed by atoms with van der Waals surface area (Å²) < 4.78 is 131. The largest absolute Gasteiger partial charge is 0.507 e. The second-order valence-corrected chi connectivity index (χ2v) is 19.4. The molecule has 0 saturated carbocycles. The van der Waals surface area contributed by atoms with Crippen LogP contribution in [0, 0.1) is 13.0 Å². The molecule has 2 heterocycles. The summed E-state index contributed by atoms with van der Waals surface area (Å²) in [6, 6.07) is 29.9. The van der Waals surface area contributed by atoms with Crippen LogP contribution in [-0.2, 0) is 42.7 Å². The van der Waals surface area contributed by atoms with Gasteiger partial charge in [0.25, 0.3) is 0 Å². The van der Waals surface area contributed by atoms with Gasteiger partial charge in [0, 0.05) is 50.8 Å². The van der Waals surface area contributed by atoms with E-state index in [0.717, 1.165) is 46.0 Å². The summed E-state index contributed by atoms with van der Waals surface area (Å²) in [7, 11) is 0. The van der Waals surface area contributed by atoms with Crippen molar-refractivity contribution in [2.24, 2.45) is 0 Å². The Hall–Kier alpha value is -5.57. The number of aryl methyl sites for hydroxylation is 1. The van der Waals surface area contributed by atoms with Gasteiger partial charge in [0.2, 0.25) is 0 Å². The molecule has 0 unspecified atom stereocenters. The maximum Gasteiger partial charge on any atom is 0.148 e. The van der Waals surface area contributed by atoms with Crippen LogP contribution in [0.4, 0.5) is 0 Å². The number of hydrogen-bond acceptors (Lipinski definition) is 3. The topological polar surface area (TPSA) is 50.9 Å². The van der Waals surface area contributed by atoms with Crippen LogP contribution < -0.4 is 0 Å². The van der Waals surface area contributed by atoms with Gasteiger partial charge in [-0.2, -0.15) is 0 Å². The number of phenols is 1. The van der Waals surface area contributed by atoms with E-state index in [2.05, 4.69) is 87.5 Å². The number of hydrogen-bond donors (Lipinski definition) is 1. The standard InChI is InChI=1S/C60H64N3O.Pt/c1-14-60(12,13)45-27-28-52(49(36-45)40-19-16-15-17-20-40)63-53-22-18-21-48(54(53)62-56(63)50-37-46(58(6,7)8)31-38(2)55(50)64)42-32-43(34-47(33-42)59(9,10)11)51-35-41(29-30-61-51)39-23-25-44(26-24-39)57(3,4)5;/h15-31,33-37,64H,14H2,1-13H3;/q-1;/i3D3,4D3,5D3,23D,25D,26D,29D,30D,35D;. The zero-order chi connectivity index (χ0) is 58.7. The molecule has 0 spiro atoms. The van der Waals surface area contributed by atoms with Crippen molar-refractivity contribution in [1.29, 1.82) is 0 Å². The summed E-state index contributed by atoms with van der Waals surface area (Å²) in [5.41, 5.74) is 2.19. The van der Waals surface area contributed by atoms with Crippen LogP contribution in [0.1, 0.15) is 138 Å². The average Bonchev–Trinajstić information content (AvgIpc) is 2.97. The molecule has 4 nitrogen and oxygen atoms in total. The third kappa shape index (κ3) is 9.43. The number of benzene rings is 6. The summed E-state index contributed by atoms with van der Waals surface area (Å²) in [5, 5.41) is 12.1. The second-order valence-electron chi connectivity index (χ2n) is 19.4. The molecule has 0 aliphatic rings. The molecule has 6 aromatic carbocycles. The Balaban J connectivity index is 0.00000924. The van der Waals surface area contributed by atoms with Crippen LogP contribution in [0.3, 0.4) is 0 Å². The minimum Gasteiger partial charge on any atom is -0.507 e. The Morgan fingerprint density at radius 1 is 0.646 bits per heavy atom. The van der Waals surface area contributed by atoms with Crippen molar-refractivity contribution < 1.29 is 46.7 Å². The van der Waals surface area contributed by atoms with Crippen LogP contribution in [0.5, 0.6) is 5.75 Å². The molecule has 0 amide bonds. The molecule has 0 fully saturated rings. The fourth-order valence-corrected chi connectivity index (χ4v) is 7.87. The maximum atomic E-state index is 12.1. The van der Waals surface area contributed by atoms with Gasteiger partial charge < -0.3 is 5.11 Å². The predicted molar refractivity (Wildman–Crippen MR) is 271 cm³/mol. The Labute approximate surface area is 423 Å². The Morgan fingerprint density at radius 3 is 2.03 bits per heavy atom. The summed E-state index contributed by atoms with van der Waals surface area (Å²) in [6.45, 7) is 9.28. The fourth-order valence-electron chi connectivity index (χ4n) is 7.87. The summed E-state index contributed by atoms with van der Waals surface area (Å²) in [5.74, 6) is 0.541. The number of para-hydroxylation sites is 1. The minimum atomic E-state index is -3.83. The monoisotopic (exact) mass is 1050 g/mol. The van der Waals surface area contributed by atoms with Crippen molar-refractivity contribution in [3.05, 3.63) is 167 Å². The number of aromatic nitrogens is 3. The van der Waals surface area contributed by atoms with Crippen molar-refractivity contribution in [3.8, 4) is 67.5 Å². The molecule has 1 N–H and O–H groups in total. The molecule has 8 aromatic rings. The summed E-state index contributed by atoms with van der Waals surface area (Å²) in [4.78, 5) is 9.91. The van der Waals surface area contributed by atoms with Gasteiger partial charge in [-0.3, -0.25) is 9.55 Å². The average molecular weight is 1050 g/mol. The van der Waals surface area contributed by atoms with E-state index in [4.69, 9.17) is 24.2 Å². The van der Waals surface area contributed by atoms with Crippen molar-refractivity contribution in [1.82, 2.24) is 14.5 Å². The first-order chi connectivity index (χ1) is 36.4. The van der Waals surface area contributed by atoms with Crippen molar-refractivity contribution in [2.45, 2.75) is 118 Å². The van der Waals surface area contributed by atoms with Crippen molar-refractivity contribution in [2.75, 3.05) is 0 Å². The van der Waals surface area contributed by atoms with Gasteiger partial charge in [-0.15, -0.1) is 29.3 Å². The van der Waals surface area contributed by atoms with E-state index >= 15 is 0 Å². The fraction of sp³-hybridized carbons (Fsp3) is 0.300. The minimum absolute atomic E-state index is 0. The molecule has 2 aromatic heterocycles.